The van der Waals surface area contributed by atoms with Gasteiger partial charge in [0.1, 0.15) is 0 Å². The molecule has 60 heavy (non-hydrogen) atoms. The van der Waals surface area contributed by atoms with Crippen molar-refractivity contribution in [2.45, 2.75) is 24.7 Å². The molecule has 0 saturated carbocycles. The van der Waals surface area contributed by atoms with Gasteiger partial charge < -0.3 is 0 Å². The molecule has 2 aliphatic carbocycles. The summed E-state index contributed by atoms with van der Waals surface area (Å²) >= 11 is 0. The molecule has 1 aromatic heterocycles. The maximum atomic E-state index is 9.60. The van der Waals surface area contributed by atoms with E-state index >= 15 is 0 Å². The van der Waals surface area contributed by atoms with Crippen LogP contribution < -0.4 is 0 Å². The summed E-state index contributed by atoms with van der Waals surface area (Å²) in [5.41, 5.74) is 19.5. The van der Waals surface area contributed by atoms with Gasteiger partial charge in [0.15, 0.2) is 5.82 Å². The van der Waals surface area contributed by atoms with E-state index in [2.05, 4.69) is 178 Å². The average Bonchev–Trinajstić information content (AvgIpc) is 3.62. The topological polar surface area (TPSA) is 49.6 Å². The molecule has 3 heteroatoms. The minimum atomic E-state index is -0.441. The fraction of sp³-hybridized carbons (Fsp3) is 0.0702. The van der Waals surface area contributed by atoms with Crippen molar-refractivity contribution in [1.82, 2.24) is 9.97 Å². The molecule has 11 rings (SSSR count). The highest BCUT2D eigenvalue weighted by Gasteiger charge is 2.53. The van der Waals surface area contributed by atoms with Crippen LogP contribution in [-0.4, -0.2) is 9.97 Å². The lowest BCUT2D eigenvalue weighted by atomic mass is 9.55. The zero-order valence-corrected chi connectivity index (χ0v) is 33.4. The average molecular weight is 766 g/mol. The van der Waals surface area contributed by atoms with Crippen molar-refractivity contribution in [3.8, 4) is 73.4 Å². The molecular weight excluding hydrogens is 727 g/mol. The molecule has 0 radical (unpaired) electrons. The first-order valence-corrected chi connectivity index (χ1v) is 20.5. The van der Waals surface area contributed by atoms with E-state index in [0.29, 0.717) is 11.4 Å². The highest BCUT2D eigenvalue weighted by Crippen LogP contribution is 2.62. The number of nitrogens with zero attached hydrogens (tertiary/aromatic N) is 3. The molecule has 2 aliphatic rings. The Morgan fingerprint density at radius 2 is 0.900 bits per heavy atom. The lowest BCUT2D eigenvalue weighted by molar-refractivity contribution is 0.563. The molecule has 0 aliphatic heterocycles. The molecule has 282 valence electrons. The smallest absolute Gasteiger partial charge is 0.160 e. The zero-order valence-electron chi connectivity index (χ0n) is 33.4. The molecule has 8 aromatic carbocycles. The van der Waals surface area contributed by atoms with E-state index in [1.165, 1.54) is 44.5 Å². The van der Waals surface area contributed by atoms with Crippen LogP contribution in [0.1, 0.15) is 52.8 Å². The molecule has 0 amide bonds. The first-order chi connectivity index (χ1) is 29.4. The van der Waals surface area contributed by atoms with Gasteiger partial charge in [-0.1, -0.05) is 184 Å². The Bertz CT molecular complexity index is 3160. The van der Waals surface area contributed by atoms with Crippen molar-refractivity contribution in [2.24, 2.45) is 0 Å². The minimum absolute atomic E-state index is 0.269. The highest BCUT2D eigenvalue weighted by atomic mass is 14.9. The quantitative estimate of drug-likeness (QED) is 0.175. The fourth-order valence-corrected chi connectivity index (χ4v) is 10.1. The zero-order chi connectivity index (χ0) is 40.4. The van der Waals surface area contributed by atoms with Gasteiger partial charge in [0.05, 0.1) is 28.4 Å². The van der Waals surface area contributed by atoms with Gasteiger partial charge in [-0.05, 0) is 97.1 Å². The van der Waals surface area contributed by atoms with Crippen molar-refractivity contribution in [3.05, 3.63) is 239 Å². The van der Waals surface area contributed by atoms with Crippen LogP contribution in [0.15, 0.2) is 200 Å². The van der Waals surface area contributed by atoms with Crippen LogP contribution in [0, 0.1) is 11.3 Å². The van der Waals surface area contributed by atoms with E-state index in [9.17, 15) is 5.26 Å². The van der Waals surface area contributed by atoms with E-state index < -0.39 is 5.41 Å². The van der Waals surface area contributed by atoms with Gasteiger partial charge in [-0.25, -0.2) is 9.97 Å². The second kappa shape index (κ2) is 13.7. The fourth-order valence-electron chi connectivity index (χ4n) is 10.1. The van der Waals surface area contributed by atoms with Gasteiger partial charge in [0.25, 0.3) is 0 Å². The molecule has 0 saturated heterocycles. The van der Waals surface area contributed by atoms with Gasteiger partial charge in [-0.15, -0.1) is 0 Å². The summed E-state index contributed by atoms with van der Waals surface area (Å²) in [5.74, 6) is 0.665. The third kappa shape index (κ3) is 5.35. The summed E-state index contributed by atoms with van der Waals surface area (Å²) < 4.78 is 0. The van der Waals surface area contributed by atoms with Gasteiger partial charge in [-0.3, -0.25) is 0 Å². The van der Waals surface area contributed by atoms with Crippen molar-refractivity contribution < 1.29 is 0 Å². The monoisotopic (exact) mass is 765 g/mol. The number of hydrogen-bond donors (Lipinski definition) is 0. The van der Waals surface area contributed by atoms with E-state index in [-0.39, 0.29) is 5.41 Å². The molecule has 0 atom stereocenters. The maximum absolute atomic E-state index is 9.60. The number of hydrogen-bond acceptors (Lipinski definition) is 3. The predicted molar refractivity (Wildman–Crippen MR) is 243 cm³/mol. The van der Waals surface area contributed by atoms with E-state index in [4.69, 9.17) is 9.97 Å². The largest absolute Gasteiger partial charge is 0.228 e. The Hall–Kier alpha value is -7.67. The predicted octanol–water partition coefficient (Wildman–Crippen LogP) is 13.7. The van der Waals surface area contributed by atoms with Crippen LogP contribution in [-0.2, 0) is 10.8 Å². The second-order valence-electron chi connectivity index (χ2n) is 16.4. The third-order valence-corrected chi connectivity index (χ3v) is 12.8. The van der Waals surface area contributed by atoms with Crippen LogP contribution in [0.25, 0.3) is 67.3 Å². The van der Waals surface area contributed by atoms with Crippen LogP contribution >= 0.6 is 0 Å². The van der Waals surface area contributed by atoms with Crippen molar-refractivity contribution in [1.29, 1.82) is 5.26 Å². The Kier molecular flexibility index (Phi) is 8.12. The molecular formula is C57H39N3. The van der Waals surface area contributed by atoms with Gasteiger partial charge in [-0.2, -0.15) is 5.26 Å². The summed E-state index contributed by atoms with van der Waals surface area (Å²) in [6, 6.07) is 73.7. The van der Waals surface area contributed by atoms with Gasteiger partial charge >= 0.3 is 0 Å². The number of fused-ring (bicyclic) bond motifs is 9. The minimum Gasteiger partial charge on any atom is -0.228 e. The molecule has 1 spiro atoms. The molecule has 0 N–H and O–H groups in total. The number of benzene rings is 8. The van der Waals surface area contributed by atoms with Crippen LogP contribution in [0.3, 0.4) is 0 Å². The molecule has 3 nitrogen and oxygen atoms in total. The summed E-state index contributed by atoms with van der Waals surface area (Å²) in [6.45, 7) is 4.76. The lowest BCUT2D eigenvalue weighted by Gasteiger charge is -2.46. The molecule has 0 bridgehead atoms. The number of aromatic nitrogens is 2. The lowest BCUT2D eigenvalue weighted by Crippen LogP contribution is -2.40. The Balaban J connectivity index is 1.11. The van der Waals surface area contributed by atoms with E-state index in [0.717, 1.165) is 50.3 Å². The van der Waals surface area contributed by atoms with Crippen molar-refractivity contribution >= 4 is 0 Å². The summed E-state index contributed by atoms with van der Waals surface area (Å²) in [7, 11) is 0. The second-order valence-corrected chi connectivity index (χ2v) is 16.4. The SMILES string of the molecule is CC1(C)c2ccccc2C2(c3ccccc3-c3ccccc32)c2ccc(-c3ccccc3-c3cc(-c4cccc(-c5cccc(C#N)c5)c4)nc(-c4ccccc4)n3)cc21. The van der Waals surface area contributed by atoms with E-state index in [1.54, 1.807) is 0 Å². The summed E-state index contributed by atoms with van der Waals surface area (Å²) in [6.07, 6.45) is 0. The summed E-state index contributed by atoms with van der Waals surface area (Å²) in [4.78, 5) is 10.5. The Morgan fingerprint density at radius 1 is 0.367 bits per heavy atom. The normalized spacial score (nSPS) is 13.8. The molecule has 1 heterocycles. The first-order valence-electron chi connectivity index (χ1n) is 20.5. The molecule has 9 aromatic rings. The number of nitriles is 1. The third-order valence-electron chi connectivity index (χ3n) is 12.8. The van der Waals surface area contributed by atoms with Gasteiger partial charge in [0, 0.05) is 22.1 Å². The molecule has 0 fully saturated rings. The highest BCUT2D eigenvalue weighted by molar-refractivity contribution is 5.90. The summed E-state index contributed by atoms with van der Waals surface area (Å²) in [5, 5.41) is 9.60. The number of rotatable bonds is 5. The Labute approximate surface area is 351 Å². The molecule has 0 unspecified atom stereocenters. The first kappa shape index (κ1) is 35.5. The van der Waals surface area contributed by atoms with Crippen LogP contribution in [0.2, 0.25) is 0 Å². The van der Waals surface area contributed by atoms with Crippen LogP contribution in [0.4, 0.5) is 0 Å². The van der Waals surface area contributed by atoms with Crippen molar-refractivity contribution in [2.75, 3.05) is 0 Å². The maximum Gasteiger partial charge on any atom is 0.160 e. The van der Waals surface area contributed by atoms with E-state index in [1.807, 2.05) is 42.5 Å². The van der Waals surface area contributed by atoms with Crippen molar-refractivity contribution in [3.63, 3.8) is 0 Å². The Morgan fingerprint density at radius 3 is 1.62 bits per heavy atom. The standard InChI is InChI=1S/C57H39N3/c1-56(2)49-28-12-13-29-50(49)57(47-26-10-8-23-44(47)45-24-9-11-27-48(45)57)51-31-30-41(34-52(51)56)43-22-6-7-25-46(43)54-35-53(59-55(60-54)38-17-4-3-5-18-38)42-21-15-20-40(33-42)39-19-14-16-37(32-39)36-58/h3-35H,1-2H3. The van der Waals surface area contributed by atoms with Crippen LogP contribution in [0.5, 0.6) is 0 Å². The van der Waals surface area contributed by atoms with Gasteiger partial charge in [0.2, 0.25) is 0 Å².